The number of carbonyl (C=O) groups is 2. The fourth-order valence-electron chi connectivity index (χ4n) is 1.33. The molecule has 0 fully saturated rings. The van der Waals surface area contributed by atoms with Crippen molar-refractivity contribution in [1.82, 2.24) is 0 Å². The van der Waals surface area contributed by atoms with Crippen molar-refractivity contribution in [2.45, 2.75) is 13.3 Å². The van der Waals surface area contributed by atoms with Gasteiger partial charge in [-0.05, 0) is 25.1 Å². The lowest BCUT2D eigenvalue weighted by Crippen LogP contribution is -2.02. The number of hydrogen-bond acceptors (Lipinski definition) is 4. The van der Waals surface area contributed by atoms with Crippen molar-refractivity contribution in [1.29, 1.82) is 0 Å². The Kier molecular flexibility index (Phi) is 5.55. The molecule has 5 heteroatoms. The van der Waals surface area contributed by atoms with E-state index in [-0.39, 0.29) is 18.6 Å². The highest BCUT2D eigenvalue weighted by molar-refractivity contribution is 5.89. The van der Waals surface area contributed by atoms with E-state index in [1.807, 2.05) is 0 Å². The second-order valence-corrected chi connectivity index (χ2v) is 3.50. The second kappa shape index (κ2) is 7.17. The van der Waals surface area contributed by atoms with E-state index in [9.17, 15) is 14.0 Å². The number of halogens is 1. The van der Waals surface area contributed by atoms with Gasteiger partial charge in [0, 0.05) is 5.56 Å². The fraction of sp³-hybridized carbons (Fsp3) is 0.286. The maximum atomic E-state index is 13.3. The number of carbonyl (C=O) groups excluding carboxylic acids is 2. The van der Waals surface area contributed by atoms with Crippen LogP contribution in [0.2, 0.25) is 0 Å². The average molecular weight is 264 g/mol. The summed E-state index contributed by atoms with van der Waals surface area (Å²) in [4.78, 5) is 22.3. The minimum Gasteiger partial charge on any atom is -0.465 e. The van der Waals surface area contributed by atoms with Gasteiger partial charge in [-0.2, -0.15) is 0 Å². The Morgan fingerprint density at radius 2 is 2.05 bits per heavy atom. The summed E-state index contributed by atoms with van der Waals surface area (Å²) in [5.74, 6) is 3.47. The van der Waals surface area contributed by atoms with Gasteiger partial charge in [0.05, 0.1) is 19.3 Å². The van der Waals surface area contributed by atoms with Gasteiger partial charge in [-0.3, -0.25) is 4.79 Å². The molecule has 0 aromatic heterocycles. The van der Waals surface area contributed by atoms with E-state index in [0.717, 1.165) is 6.07 Å². The van der Waals surface area contributed by atoms with Gasteiger partial charge < -0.3 is 9.47 Å². The molecule has 0 unspecified atom stereocenters. The second-order valence-electron chi connectivity index (χ2n) is 3.50. The molecule has 100 valence electrons. The standard InChI is InChI=1S/C14H13FO4/c1-3-19-13(16)6-4-5-10-7-11(14(17)18-2)9-12(15)8-10/h7-9H,3,6H2,1-2H3. The number of esters is 2. The summed E-state index contributed by atoms with van der Waals surface area (Å²) in [7, 11) is 1.21. The molecule has 19 heavy (non-hydrogen) atoms. The van der Waals surface area contributed by atoms with Crippen LogP contribution in [0.3, 0.4) is 0 Å². The minimum absolute atomic E-state index is 0.0722. The maximum absolute atomic E-state index is 13.3. The highest BCUT2D eigenvalue weighted by atomic mass is 19.1. The Morgan fingerprint density at radius 1 is 1.32 bits per heavy atom. The van der Waals surface area contributed by atoms with Crippen molar-refractivity contribution in [2.75, 3.05) is 13.7 Å². The zero-order chi connectivity index (χ0) is 14.3. The van der Waals surface area contributed by atoms with E-state index in [1.165, 1.54) is 19.2 Å². The van der Waals surface area contributed by atoms with Crippen LogP contribution in [0.5, 0.6) is 0 Å². The first-order valence-electron chi connectivity index (χ1n) is 5.60. The topological polar surface area (TPSA) is 52.6 Å². The number of methoxy groups -OCH3 is 1. The summed E-state index contributed by atoms with van der Waals surface area (Å²) in [5, 5.41) is 0. The van der Waals surface area contributed by atoms with E-state index >= 15 is 0 Å². The molecule has 0 saturated heterocycles. The zero-order valence-electron chi connectivity index (χ0n) is 10.7. The molecule has 1 aromatic carbocycles. The SMILES string of the molecule is CCOC(=O)CC#Cc1cc(F)cc(C(=O)OC)c1. The van der Waals surface area contributed by atoms with Gasteiger partial charge in [-0.25, -0.2) is 9.18 Å². The largest absolute Gasteiger partial charge is 0.465 e. The quantitative estimate of drug-likeness (QED) is 0.618. The van der Waals surface area contributed by atoms with Crippen LogP contribution in [-0.2, 0) is 14.3 Å². The van der Waals surface area contributed by atoms with Crippen molar-refractivity contribution in [2.24, 2.45) is 0 Å². The Morgan fingerprint density at radius 3 is 2.68 bits per heavy atom. The monoisotopic (exact) mass is 264 g/mol. The van der Waals surface area contributed by atoms with Crippen molar-refractivity contribution in [3.8, 4) is 11.8 Å². The van der Waals surface area contributed by atoms with E-state index < -0.39 is 17.8 Å². The normalized spacial score (nSPS) is 9.21. The van der Waals surface area contributed by atoms with Crippen molar-refractivity contribution < 1.29 is 23.5 Å². The minimum atomic E-state index is -0.645. The van der Waals surface area contributed by atoms with Gasteiger partial charge in [-0.1, -0.05) is 11.8 Å². The summed E-state index contributed by atoms with van der Waals surface area (Å²) in [6.07, 6.45) is -0.0854. The van der Waals surface area contributed by atoms with Gasteiger partial charge in [0.2, 0.25) is 0 Å². The molecule has 4 nitrogen and oxygen atoms in total. The summed E-state index contributed by atoms with van der Waals surface area (Å²) in [6, 6.07) is 3.63. The molecule has 0 bridgehead atoms. The van der Waals surface area contributed by atoms with E-state index in [0.29, 0.717) is 5.56 Å². The molecule has 1 rings (SSSR count). The first kappa shape index (κ1) is 14.7. The molecule has 0 amide bonds. The lowest BCUT2D eigenvalue weighted by atomic mass is 10.1. The summed E-state index contributed by atoms with van der Waals surface area (Å²) in [6.45, 7) is 1.98. The molecule has 0 heterocycles. The van der Waals surface area contributed by atoms with Gasteiger partial charge >= 0.3 is 11.9 Å². The Balaban J connectivity index is 2.84. The molecule has 0 N–H and O–H groups in total. The Labute approximate surface area is 110 Å². The van der Waals surface area contributed by atoms with Crippen LogP contribution in [-0.4, -0.2) is 25.7 Å². The number of ether oxygens (including phenoxy) is 2. The number of hydrogen-bond donors (Lipinski definition) is 0. The van der Waals surface area contributed by atoms with Crippen LogP contribution >= 0.6 is 0 Å². The Hall–Kier alpha value is -2.35. The maximum Gasteiger partial charge on any atom is 0.337 e. The van der Waals surface area contributed by atoms with Crippen LogP contribution < -0.4 is 0 Å². The van der Waals surface area contributed by atoms with Crippen LogP contribution in [0.4, 0.5) is 4.39 Å². The van der Waals surface area contributed by atoms with Crippen LogP contribution in [0.25, 0.3) is 0 Å². The summed E-state index contributed by atoms with van der Waals surface area (Å²) >= 11 is 0. The molecule has 0 radical (unpaired) electrons. The molecule has 0 atom stereocenters. The predicted octanol–water partition coefficient (Wildman–Crippen LogP) is 1.92. The molecule has 0 aliphatic carbocycles. The van der Waals surface area contributed by atoms with Crippen molar-refractivity contribution in [3.05, 3.63) is 35.1 Å². The van der Waals surface area contributed by atoms with Gasteiger partial charge in [-0.15, -0.1) is 0 Å². The molecule has 0 saturated carbocycles. The lowest BCUT2D eigenvalue weighted by Gasteiger charge is -2.00. The molecule has 0 spiro atoms. The first-order valence-corrected chi connectivity index (χ1v) is 5.60. The highest BCUT2D eigenvalue weighted by Gasteiger charge is 2.08. The smallest absolute Gasteiger partial charge is 0.337 e. The van der Waals surface area contributed by atoms with Gasteiger partial charge in [0.25, 0.3) is 0 Å². The summed E-state index contributed by atoms with van der Waals surface area (Å²) < 4.78 is 22.5. The van der Waals surface area contributed by atoms with E-state index in [2.05, 4.69) is 16.6 Å². The zero-order valence-corrected chi connectivity index (χ0v) is 10.7. The van der Waals surface area contributed by atoms with Crippen LogP contribution in [0.15, 0.2) is 18.2 Å². The highest BCUT2D eigenvalue weighted by Crippen LogP contribution is 2.09. The number of rotatable bonds is 3. The van der Waals surface area contributed by atoms with Crippen LogP contribution in [0.1, 0.15) is 29.3 Å². The molecule has 0 aliphatic rings. The third kappa shape index (κ3) is 4.80. The van der Waals surface area contributed by atoms with Gasteiger partial charge in [0.1, 0.15) is 12.2 Å². The van der Waals surface area contributed by atoms with Crippen molar-refractivity contribution in [3.63, 3.8) is 0 Å². The number of benzene rings is 1. The predicted molar refractivity (Wildman–Crippen MR) is 65.9 cm³/mol. The molecular weight excluding hydrogens is 251 g/mol. The lowest BCUT2D eigenvalue weighted by molar-refractivity contribution is -0.141. The van der Waals surface area contributed by atoms with Gasteiger partial charge in [0.15, 0.2) is 0 Å². The fourth-order valence-corrected chi connectivity index (χ4v) is 1.33. The van der Waals surface area contributed by atoms with Crippen molar-refractivity contribution >= 4 is 11.9 Å². The molecule has 0 aliphatic heterocycles. The molecule has 1 aromatic rings. The molecular formula is C14H13FO4. The average Bonchev–Trinajstić information content (AvgIpc) is 2.37. The van der Waals surface area contributed by atoms with Crippen LogP contribution in [0, 0.1) is 17.7 Å². The third-order valence-corrected chi connectivity index (χ3v) is 2.09. The summed E-state index contributed by atoms with van der Waals surface area (Å²) in [5.41, 5.74) is 0.368. The third-order valence-electron chi connectivity index (χ3n) is 2.09. The Bertz CT molecular complexity index is 540. The van der Waals surface area contributed by atoms with E-state index in [1.54, 1.807) is 6.92 Å². The first-order chi connectivity index (χ1) is 9.06. The van der Waals surface area contributed by atoms with E-state index in [4.69, 9.17) is 4.74 Å².